The Hall–Kier alpha value is -2.05. The number of carbonyl (C=O) groups is 1. The monoisotopic (exact) mass is 424 g/mol. The molecule has 1 heterocycles. The van der Waals surface area contributed by atoms with Crippen LogP contribution in [0.25, 0.3) is 0 Å². The summed E-state index contributed by atoms with van der Waals surface area (Å²) in [5.41, 5.74) is 0. The third kappa shape index (κ3) is 4.65. The molecule has 1 aliphatic rings. The molecule has 0 fully saturated rings. The van der Waals surface area contributed by atoms with Gasteiger partial charge in [-0.15, -0.1) is 0 Å². The largest absolute Gasteiger partial charge is 0.398 e. The summed E-state index contributed by atoms with van der Waals surface area (Å²) in [4.78, 5) is 11.4. The highest BCUT2D eigenvalue weighted by Crippen LogP contribution is 2.38. The zero-order chi connectivity index (χ0) is 21.6. The molecule has 0 bridgehead atoms. The summed E-state index contributed by atoms with van der Waals surface area (Å²) in [6.07, 6.45) is 3.90. The molecule has 160 valence electrons. The standard InChI is InChI=1S/C25H32O4Si/c1-5-27-24-17-16-23(22(28-24)18-19-26)29-30(25(2,3)4,20-12-8-6-9-13-20)21-14-10-7-11-15-21/h6-17,19,22-24H,5,18H2,1-4H3/t22-,23+,24+/m1/s1. The Morgan fingerprint density at radius 2 is 1.53 bits per heavy atom. The Balaban J connectivity index is 2.11. The molecule has 0 unspecified atom stereocenters. The number of benzene rings is 2. The number of rotatable bonds is 8. The van der Waals surface area contributed by atoms with Crippen LogP contribution in [0.3, 0.4) is 0 Å². The molecule has 30 heavy (non-hydrogen) atoms. The van der Waals surface area contributed by atoms with Gasteiger partial charge in [0, 0.05) is 13.0 Å². The van der Waals surface area contributed by atoms with Crippen LogP contribution in [0.15, 0.2) is 72.8 Å². The van der Waals surface area contributed by atoms with Crippen LogP contribution in [0.5, 0.6) is 0 Å². The molecule has 0 aliphatic carbocycles. The van der Waals surface area contributed by atoms with Crippen molar-refractivity contribution in [2.24, 2.45) is 0 Å². The molecule has 0 aromatic heterocycles. The maximum atomic E-state index is 11.4. The van der Waals surface area contributed by atoms with Gasteiger partial charge >= 0.3 is 0 Å². The second kappa shape index (κ2) is 9.84. The van der Waals surface area contributed by atoms with Crippen molar-refractivity contribution in [3.05, 3.63) is 72.8 Å². The average molecular weight is 425 g/mol. The van der Waals surface area contributed by atoms with Gasteiger partial charge in [-0.2, -0.15) is 0 Å². The molecule has 5 heteroatoms. The number of hydrogen-bond donors (Lipinski definition) is 0. The van der Waals surface area contributed by atoms with Gasteiger partial charge in [0.2, 0.25) is 0 Å². The zero-order valence-electron chi connectivity index (χ0n) is 18.3. The van der Waals surface area contributed by atoms with Crippen molar-refractivity contribution < 1.29 is 18.7 Å². The zero-order valence-corrected chi connectivity index (χ0v) is 19.3. The quantitative estimate of drug-likeness (QED) is 0.367. The number of ether oxygens (including phenoxy) is 2. The van der Waals surface area contributed by atoms with E-state index in [9.17, 15) is 4.79 Å². The van der Waals surface area contributed by atoms with Gasteiger partial charge in [-0.1, -0.05) is 87.5 Å². The maximum Gasteiger partial charge on any atom is 0.262 e. The van der Waals surface area contributed by atoms with Crippen LogP contribution in [0.4, 0.5) is 0 Å². The Morgan fingerprint density at radius 3 is 2.00 bits per heavy atom. The highest BCUT2D eigenvalue weighted by Gasteiger charge is 2.52. The molecule has 0 saturated carbocycles. The Morgan fingerprint density at radius 1 is 0.967 bits per heavy atom. The van der Waals surface area contributed by atoms with Crippen molar-refractivity contribution in [2.45, 2.75) is 57.7 Å². The summed E-state index contributed by atoms with van der Waals surface area (Å²) in [6.45, 7) is 9.19. The van der Waals surface area contributed by atoms with E-state index in [1.54, 1.807) is 0 Å². The first-order valence-electron chi connectivity index (χ1n) is 10.6. The summed E-state index contributed by atoms with van der Waals surface area (Å²) in [5.74, 6) is 0. The van der Waals surface area contributed by atoms with Crippen molar-refractivity contribution in [3.63, 3.8) is 0 Å². The van der Waals surface area contributed by atoms with Crippen LogP contribution in [0.1, 0.15) is 34.1 Å². The molecule has 0 radical (unpaired) electrons. The van der Waals surface area contributed by atoms with Gasteiger partial charge in [0.05, 0.1) is 12.2 Å². The molecule has 3 atom stereocenters. The minimum Gasteiger partial charge on any atom is -0.398 e. The molecule has 0 spiro atoms. The first kappa shape index (κ1) is 22.6. The van der Waals surface area contributed by atoms with Crippen molar-refractivity contribution in [1.29, 1.82) is 0 Å². The Bertz CT molecular complexity index is 790. The van der Waals surface area contributed by atoms with Crippen molar-refractivity contribution in [3.8, 4) is 0 Å². The third-order valence-corrected chi connectivity index (χ3v) is 10.6. The topological polar surface area (TPSA) is 44.8 Å². The summed E-state index contributed by atoms with van der Waals surface area (Å²) in [5, 5.41) is 2.26. The van der Waals surface area contributed by atoms with Gasteiger partial charge in [-0.25, -0.2) is 0 Å². The molecular weight excluding hydrogens is 392 g/mol. The van der Waals surface area contributed by atoms with E-state index < -0.39 is 14.6 Å². The normalized spacial score (nSPS) is 22.1. The van der Waals surface area contributed by atoms with E-state index in [0.29, 0.717) is 6.61 Å². The lowest BCUT2D eigenvalue weighted by Crippen LogP contribution is -2.68. The van der Waals surface area contributed by atoms with E-state index in [1.165, 1.54) is 10.4 Å². The van der Waals surface area contributed by atoms with Crippen molar-refractivity contribution >= 4 is 25.0 Å². The van der Waals surface area contributed by atoms with E-state index >= 15 is 0 Å². The SMILES string of the molecule is CCO[C@@H]1C=C[C@H](O[Si](c2ccccc2)(c2ccccc2)C(C)(C)C)[C@@H](CC=O)O1. The van der Waals surface area contributed by atoms with Crippen LogP contribution in [-0.4, -0.2) is 39.7 Å². The predicted octanol–water partition coefficient (Wildman–Crippen LogP) is 3.84. The van der Waals surface area contributed by atoms with E-state index in [-0.39, 0.29) is 23.7 Å². The summed E-state index contributed by atoms with van der Waals surface area (Å²) in [6, 6.07) is 21.0. The van der Waals surface area contributed by atoms with E-state index in [2.05, 4.69) is 69.3 Å². The van der Waals surface area contributed by atoms with Crippen LogP contribution in [0.2, 0.25) is 5.04 Å². The Kier molecular flexibility index (Phi) is 7.42. The van der Waals surface area contributed by atoms with Gasteiger partial charge in [0.15, 0.2) is 6.29 Å². The summed E-state index contributed by atoms with van der Waals surface area (Å²) >= 11 is 0. The fourth-order valence-corrected chi connectivity index (χ4v) is 8.83. The summed E-state index contributed by atoms with van der Waals surface area (Å²) < 4.78 is 18.8. The second-order valence-corrected chi connectivity index (χ2v) is 12.8. The van der Waals surface area contributed by atoms with E-state index in [0.717, 1.165) is 6.29 Å². The van der Waals surface area contributed by atoms with Gasteiger partial charge < -0.3 is 18.7 Å². The molecule has 0 N–H and O–H groups in total. The van der Waals surface area contributed by atoms with Crippen molar-refractivity contribution in [2.75, 3.05) is 6.61 Å². The van der Waals surface area contributed by atoms with Gasteiger partial charge in [0.1, 0.15) is 6.29 Å². The fraction of sp³-hybridized carbons (Fsp3) is 0.400. The fourth-order valence-electron chi connectivity index (χ4n) is 4.17. The van der Waals surface area contributed by atoms with Crippen LogP contribution in [0, 0.1) is 0 Å². The highest BCUT2D eigenvalue weighted by atomic mass is 28.4. The van der Waals surface area contributed by atoms with Gasteiger partial charge in [0.25, 0.3) is 8.32 Å². The summed E-state index contributed by atoms with van der Waals surface area (Å²) in [7, 11) is -2.74. The molecule has 4 nitrogen and oxygen atoms in total. The predicted molar refractivity (Wildman–Crippen MR) is 123 cm³/mol. The van der Waals surface area contributed by atoms with Crippen LogP contribution < -0.4 is 10.4 Å². The first-order chi connectivity index (χ1) is 14.4. The molecular formula is C25H32O4Si. The second-order valence-electron chi connectivity index (χ2n) is 8.53. The van der Waals surface area contributed by atoms with Crippen LogP contribution in [-0.2, 0) is 18.7 Å². The number of carbonyl (C=O) groups excluding carboxylic acids is 1. The lowest BCUT2D eigenvalue weighted by molar-refractivity contribution is -0.167. The lowest BCUT2D eigenvalue weighted by atomic mass is 10.1. The van der Waals surface area contributed by atoms with Crippen LogP contribution >= 0.6 is 0 Å². The third-order valence-electron chi connectivity index (χ3n) is 5.52. The molecule has 0 saturated heterocycles. The average Bonchev–Trinajstić information content (AvgIpc) is 2.74. The smallest absolute Gasteiger partial charge is 0.262 e. The lowest BCUT2D eigenvalue weighted by Gasteiger charge is -2.46. The molecule has 0 amide bonds. The minimum absolute atomic E-state index is 0.147. The maximum absolute atomic E-state index is 11.4. The molecule has 1 aliphatic heterocycles. The molecule has 3 rings (SSSR count). The number of aldehydes is 1. The van der Waals surface area contributed by atoms with Crippen molar-refractivity contribution in [1.82, 2.24) is 0 Å². The highest BCUT2D eigenvalue weighted by molar-refractivity contribution is 6.99. The van der Waals surface area contributed by atoms with E-state index in [1.807, 2.05) is 31.2 Å². The number of hydrogen-bond acceptors (Lipinski definition) is 4. The molecule has 2 aromatic rings. The minimum atomic E-state index is -2.74. The van der Waals surface area contributed by atoms with E-state index in [4.69, 9.17) is 13.9 Å². The van der Waals surface area contributed by atoms with Gasteiger partial charge in [-0.3, -0.25) is 0 Å². The molecule has 2 aromatic carbocycles. The first-order valence-corrected chi connectivity index (χ1v) is 12.5. The Labute approximate surface area is 181 Å². The van der Waals surface area contributed by atoms with Gasteiger partial charge in [-0.05, 0) is 28.4 Å².